The van der Waals surface area contributed by atoms with Crippen molar-refractivity contribution in [1.29, 1.82) is 5.26 Å². The van der Waals surface area contributed by atoms with Gasteiger partial charge in [0.2, 0.25) is 0 Å². The summed E-state index contributed by atoms with van der Waals surface area (Å²) in [6.07, 6.45) is 1.10. The Kier molecular flexibility index (Phi) is 3.09. The van der Waals surface area contributed by atoms with Crippen molar-refractivity contribution in [2.24, 2.45) is 5.73 Å². The summed E-state index contributed by atoms with van der Waals surface area (Å²) in [5.41, 5.74) is 7.43. The fraction of sp³-hybridized carbons (Fsp3) is 0.188. The Bertz CT molecular complexity index is 695. The number of hydrogen-bond acceptors (Lipinski definition) is 3. The predicted octanol–water partition coefficient (Wildman–Crippen LogP) is 2.83. The second-order valence-corrected chi connectivity index (χ2v) is 5.76. The quantitative estimate of drug-likeness (QED) is 0.805. The molecule has 0 saturated heterocycles. The second-order valence-electron chi connectivity index (χ2n) is 4.65. The molecule has 2 atom stereocenters. The van der Waals surface area contributed by atoms with Crippen LogP contribution in [0.15, 0.2) is 36.4 Å². The molecule has 1 heterocycles. The van der Waals surface area contributed by atoms with Gasteiger partial charge in [0.15, 0.2) is 0 Å². The molecule has 1 aliphatic rings. The molecular weight excluding hydrogens is 252 g/mol. The molecule has 3 rings (SSSR count). The summed E-state index contributed by atoms with van der Waals surface area (Å²) in [5.74, 6) is 6.83. The lowest BCUT2D eigenvalue weighted by atomic mass is 10.1. The van der Waals surface area contributed by atoms with E-state index in [2.05, 4.69) is 30.0 Å². The van der Waals surface area contributed by atoms with Crippen LogP contribution in [-0.4, -0.2) is 6.04 Å². The van der Waals surface area contributed by atoms with Gasteiger partial charge >= 0.3 is 0 Å². The first-order valence-electron chi connectivity index (χ1n) is 6.14. The minimum Gasteiger partial charge on any atom is -0.327 e. The lowest BCUT2D eigenvalue weighted by Crippen LogP contribution is -1.99. The van der Waals surface area contributed by atoms with Crippen LogP contribution in [0, 0.1) is 23.2 Å². The maximum Gasteiger partial charge on any atom is 0.0991 e. The summed E-state index contributed by atoms with van der Waals surface area (Å²) in [6, 6.07) is 13.9. The lowest BCUT2D eigenvalue weighted by Gasteiger charge is -1.89. The van der Waals surface area contributed by atoms with Gasteiger partial charge in [-0.15, -0.1) is 11.3 Å². The van der Waals surface area contributed by atoms with E-state index in [9.17, 15) is 0 Å². The number of rotatable bonds is 1. The average Bonchev–Trinajstić information content (AvgIpc) is 3.00. The van der Waals surface area contributed by atoms with Gasteiger partial charge in [0.25, 0.3) is 0 Å². The van der Waals surface area contributed by atoms with Crippen LogP contribution in [0.25, 0.3) is 0 Å². The van der Waals surface area contributed by atoms with Crippen molar-refractivity contribution in [2.75, 3.05) is 0 Å². The topological polar surface area (TPSA) is 49.8 Å². The molecule has 2 nitrogen and oxygen atoms in total. The van der Waals surface area contributed by atoms with Gasteiger partial charge in [-0.05, 0) is 42.8 Å². The number of benzene rings is 1. The maximum absolute atomic E-state index is 8.72. The molecule has 0 radical (unpaired) electrons. The molecule has 1 aliphatic carbocycles. The van der Waals surface area contributed by atoms with Crippen LogP contribution in [0.4, 0.5) is 0 Å². The molecule has 0 amide bonds. The smallest absolute Gasteiger partial charge is 0.0991 e. The molecule has 19 heavy (non-hydrogen) atoms. The van der Waals surface area contributed by atoms with Crippen molar-refractivity contribution in [3.63, 3.8) is 0 Å². The Morgan fingerprint density at radius 2 is 1.74 bits per heavy atom. The molecule has 0 unspecified atom stereocenters. The first-order chi connectivity index (χ1) is 9.26. The molecule has 3 heteroatoms. The number of nitrogens with zero attached hydrogens (tertiary/aromatic N) is 1. The van der Waals surface area contributed by atoms with Gasteiger partial charge < -0.3 is 5.73 Å². The van der Waals surface area contributed by atoms with Gasteiger partial charge in [-0.2, -0.15) is 5.26 Å². The lowest BCUT2D eigenvalue weighted by molar-refractivity contribution is 1.01. The summed E-state index contributed by atoms with van der Waals surface area (Å²) in [5, 5.41) is 8.72. The summed E-state index contributed by atoms with van der Waals surface area (Å²) in [7, 11) is 0. The molecule has 1 aromatic carbocycles. The van der Waals surface area contributed by atoms with E-state index in [0.717, 1.165) is 16.9 Å². The Balaban J connectivity index is 1.75. The third kappa shape index (κ3) is 2.69. The number of thiophene rings is 1. The SMILES string of the molecule is N#Cc1ccc(C#Cc2ccc([C@@H]3C[C@H]3N)s2)cc1. The summed E-state index contributed by atoms with van der Waals surface area (Å²) in [6.45, 7) is 0. The van der Waals surface area contributed by atoms with E-state index in [1.807, 2.05) is 12.1 Å². The van der Waals surface area contributed by atoms with Crippen LogP contribution in [0.1, 0.15) is 33.2 Å². The van der Waals surface area contributed by atoms with Gasteiger partial charge in [0.1, 0.15) is 0 Å². The van der Waals surface area contributed by atoms with E-state index in [1.54, 1.807) is 23.5 Å². The minimum absolute atomic E-state index is 0.345. The molecule has 1 aromatic heterocycles. The van der Waals surface area contributed by atoms with Crippen molar-refractivity contribution >= 4 is 11.3 Å². The molecule has 2 aromatic rings. The monoisotopic (exact) mass is 264 g/mol. The molecular formula is C16H12N2S. The number of hydrogen-bond donors (Lipinski definition) is 1. The van der Waals surface area contributed by atoms with E-state index in [1.165, 1.54) is 4.88 Å². The van der Waals surface area contributed by atoms with Crippen LogP contribution in [0.3, 0.4) is 0 Å². The van der Waals surface area contributed by atoms with Gasteiger partial charge in [-0.25, -0.2) is 0 Å². The van der Waals surface area contributed by atoms with Crippen molar-refractivity contribution in [3.8, 4) is 17.9 Å². The third-order valence-electron chi connectivity index (χ3n) is 3.18. The Morgan fingerprint density at radius 3 is 2.37 bits per heavy atom. The summed E-state index contributed by atoms with van der Waals surface area (Å²) < 4.78 is 0. The molecule has 2 N–H and O–H groups in total. The summed E-state index contributed by atoms with van der Waals surface area (Å²) in [4.78, 5) is 2.41. The van der Waals surface area contributed by atoms with E-state index in [4.69, 9.17) is 11.0 Å². The predicted molar refractivity (Wildman–Crippen MR) is 76.8 cm³/mol. The summed E-state index contributed by atoms with van der Waals surface area (Å²) >= 11 is 1.73. The molecule has 0 bridgehead atoms. The zero-order valence-electron chi connectivity index (χ0n) is 10.3. The average molecular weight is 264 g/mol. The molecule has 1 fully saturated rings. The van der Waals surface area contributed by atoms with Crippen molar-refractivity contribution in [3.05, 3.63) is 57.3 Å². The zero-order chi connectivity index (χ0) is 13.2. The highest BCUT2D eigenvalue weighted by atomic mass is 32.1. The first-order valence-corrected chi connectivity index (χ1v) is 6.95. The van der Waals surface area contributed by atoms with Crippen LogP contribution < -0.4 is 5.73 Å². The van der Waals surface area contributed by atoms with E-state index in [0.29, 0.717) is 17.5 Å². The third-order valence-corrected chi connectivity index (χ3v) is 4.31. The van der Waals surface area contributed by atoms with E-state index in [-0.39, 0.29) is 0 Å². The van der Waals surface area contributed by atoms with Crippen molar-refractivity contribution in [2.45, 2.75) is 18.4 Å². The highest BCUT2D eigenvalue weighted by molar-refractivity contribution is 7.12. The van der Waals surface area contributed by atoms with Gasteiger partial charge in [0.05, 0.1) is 16.5 Å². The van der Waals surface area contributed by atoms with Gasteiger partial charge in [-0.3, -0.25) is 0 Å². The van der Waals surface area contributed by atoms with Gasteiger partial charge in [-0.1, -0.05) is 11.8 Å². The normalized spacial score (nSPS) is 20.2. The van der Waals surface area contributed by atoms with E-state index >= 15 is 0 Å². The Morgan fingerprint density at radius 1 is 1.05 bits per heavy atom. The van der Waals surface area contributed by atoms with Gasteiger partial charge in [0, 0.05) is 22.4 Å². The molecule has 1 saturated carbocycles. The number of nitriles is 1. The second kappa shape index (κ2) is 4.90. The fourth-order valence-electron chi connectivity index (χ4n) is 1.92. The highest BCUT2D eigenvalue weighted by Gasteiger charge is 2.35. The van der Waals surface area contributed by atoms with Crippen LogP contribution >= 0.6 is 11.3 Å². The number of nitrogens with two attached hydrogens (primary N) is 1. The molecule has 92 valence electrons. The largest absolute Gasteiger partial charge is 0.327 e. The van der Waals surface area contributed by atoms with E-state index < -0.39 is 0 Å². The van der Waals surface area contributed by atoms with Crippen molar-refractivity contribution in [1.82, 2.24) is 0 Å². The molecule has 0 spiro atoms. The first kappa shape index (κ1) is 12.0. The van der Waals surface area contributed by atoms with Crippen LogP contribution in [0.2, 0.25) is 0 Å². The highest BCUT2D eigenvalue weighted by Crippen LogP contribution is 2.42. The molecule has 0 aliphatic heterocycles. The van der Waals surface area contributed by atoms with Crippen LogP contribution in [-0.2, 0) is 0 Å². The van der Waals surface area contributed by atoms with Crippen LogP contribution in [0.5, 0.6) is 0 Å². The zero-order valence-corrected chi connectivity index (χ0v) is 11.1. The minimum atomic E-state index is 0.345. The Labute approximate surface area is 116 Å². The standard InChI is InChI=1S/C16H12N2S/c17-10-12-3-1-11(2-4-12)5-6-13-7-8-16(19-13)14-9-15(14)18/h1-4,7-8,14-15H,9,18H2/t14-,15-/m1/s1. The Hall–Kier alpha value is -2.07. The van der Waals surface area contributed by atoms with Crippen molar-refractivity contribution < 1.29 is 0 Å². The maximum atomic E-state index is 8.72. The fourth-order valence-corrected chi connectivity index (χ4v) is 2.97.